The Morgan fingerprint density at radius 3 is 2.37 bits per heavy atom. The Kier molecular flexibility index (Phi) is 7.37. The minimum absolute atomic E-state index is 0.0710. The van der Waals surface area contributed by atoms with E-state index in [1.54, 1.807) is 12.1 Å². The standard InChI is InChI=1S/C19H21N3O7S/c1-12(23)20-14-7-8-17(28-2)16(10-14)21-18(24)11-29-19(25)13-5-4-6-15(9-13)22-30(3,26)27/h4-10,22H,11H2,1-3H3,(H,20,23)(H,21,24). The quantitative estimate of drug-likeness (QED) is 0.537. The summed E-state index contributed by atoms with van der Waals surface area (Å²) in [7, 11) is -2.08. The molecule has 10 nitrogen and oxygen atoms in total. The second-order valence-corrected chi connectivity index (χ2v) is 7.92. The van der Waals surface area contributed by atoms with Gasteiger partial charge < -0.3 is 20.1 Å². The zero-order valence-corrected chi connectivity index (χ0v) is 17.3. The number of methoxy groups -OCH3 is 1. The molecule has 2 rings (SSSR count). The molecule has 0 unspecified atom stereocenters. The number of hydrogen-bond donors (Lipinski definition) is 3. The molecule has 0 saturated carbocycles. The fourth-order valence-corrected chi connectivity index (χ4v) is 2.97. The number of carbonyl (C=O) groups excluding carboxylic acids is 3. The summed E-state index contributed by atoms with van der Waals surface area (Å²) in [5, 5.41) is 5.12. The number of carbonyl (C=O) groups is 3. The molecule has 0 atom stereocenters. The average molecular weight is 435 g/mol. The van der Waals surface area contributed by atoms with Crippen molar-refractivity contribution in [1.82, 2.24) is 0 Å². The number of benzene rings is 2. The number of anilines is 3. The van der Waals surface area contributed by atoms with Crippen LogP contribution in [0.2, 0.25) is 0 Å². The molecule has 2 aromatic carbocycles. The summed E-state index contributed by atoms with van der Waals surface area (Å²) in [6, 6.07) is 10.3. The highest BCUT2D eigenvalue weighted by atomic mass is 32.2. The SMILES string of the molecule is COc1ccc(NC(C)=O)cc1NC(=O)COC(=O)c1cccc(NS(C)(=O)=O)c1. The summed E-state index contributed by atoms with van der Waals surface area (Å²) < 4.78 is 35.0. The van der Waals surface area contributed by atoms with Gasteiger partial charge in [-0.2, -0.15) is 0 Å². The Morgan fingerprint density at radius 2 is 1.73 bits per heavy atom. The number of sulfonamides is 1. The lowest BCUT2D eigenvalue weighted by molar-refractivity contribution is -0.119. The predicted molar refractivity (Wildman–Crippen MR) is 111 cm³/mol. The summed E-state index contributed by atoms with van der Waals surface area (Å²) >= 11 is 0. The van der Waals surface area contributed by atoms with Gasteiger partial charge in [0.1, 0.15) is 5.75 Å². The third kappa shape index (κ3) is 7.09. The smallest absolute Gasteiger partial charge is 0.338 e. The maximum absolute atomic E-state index is 12.2. The van der Waals surface area contributed by atoms with Crippen molar-refractivity contribution in [3.8, 4) is 5.75 Å². The Bertz CT molecular complexity index is 1070. The molecular formula is C19H21N3O7S. The van der Waals surface area contributed by atoms with Crippen molar-refractivity contribution in [2.75, 3.05) is 35.3 Å². The second-order valence-electron chi connectivity index (χ2n) is 6.18. The van der Waals surface area contributed by atoms with Crippen molar-refractivity contribution < 1.29 is 32.3 Å². The molecule has 0 bridgehead atoms. The monoisotopic (exact) mass is 435 g/mol. The maximum Gasteiger partial charge on any atom is 0.338 e. The van der Waals surface area contributed by atoms with Crippen LogP contribution < -0.4 is 20.1 Å². The molecule has 0 spiro atoms. The van der Waals surface area contributed by atoms with Crippen LogP contribution in [0.5, 0.6) is 5.75 Å². The highest BCUT2D eigenvalue weighted by molar-refractivity contribution is 7.92. The number of nitrogens with one attached hydrogen (secondary N) is 3. The van der Waals surface area contributed by atoms with Crippen LogP contribution in [0, 0.1) is 0 Å². The van der Waals surface area contributed by atoms with Gasteiger partial charge in [0.05, 0.1) is 24.6 Å². The van der Waals surface area contributed by atoms with E-state index in [9.17, 15) is 22.8 Å². The van der Waals surface area contributed by atoms with Crippen LogP contribution in [0.15, 0.2) is 42.5 Å². The first-order valence-corrected chi connectivity index (χ1v) is 10.5. The van der Waals surface area contributed by atoms with Gasteiger partial charge in [0.15, 0.2) is 6.61 Å². The zero-order chi connectivity index (χ0) is 22.3. The van der Waals surface area contributed by atoms with Crippen molar-refractivity contribution in [3.63, 3.8) is 0 Å². The van der Waals surface area contributed by atoms with Crippen molar-refractivity contribution >= 4 is 44.9 Å². The molecule has 0 aromatic heterocycles. The second kappa shape index (κ2) is 9.74. The largest absolute Gasteiger partial charge is 0.495 e. The van der Waals surface area contributed by atoms with Crippen molar-refractivity contribution in [1.29, 1.82) is 0 Å². The molecule has 0 radical (unpaired) electrons. The fraction of sp³-hybridized carbons (Fsp3) is 0.211. The molecule has 30 heavy (non-hydrogen) atoms. The summed E-state index contributed by atoms with van der Waals surface area (Å²) in [6.45, 7) is 0.762. The highest BCUT2D eigenvalue weighted by Gasteiger charge is 2.14. The van der Waals surface area contributed by atoms with E-state index in [0.29, 0.717) is 11.4 Å². The van der Waals surface area contributed by atoms with E-state index in [4.69, 9.17) is 9.47 Å². The van der Waals surface area contributed by atoms with Gasteiger partial charge in [-0.1, -0.05) is 6.07 Å². The first-order chi connectivity index (χ1) is 14.1. The third-order valence-electron chi connectivity index (χ3n) is 3.53. The van der Waals surface area contributed by atoms with Gasteiger partial charge in [0.2, 0.25) is 15.9 Å². The van der Waals surface area contributed by atoms with Crippen LogP contribution in [-0.4, -0.2) is 46.2 Å². The van der Waals surface area contributed by atoms with Crippen LogP contribution >= 0.6 is 0 Å². The van der Waals surface area contributed by atoms with Gasteiger partial charge in [0.25, 0.3) is 5.91 Å². The van der Waals surface area contributed by atoms with Gasteiger partial charge in [-0.25, -0.2) is 13.2 Å². The molecule has 0 saturated heterocycles. The van der Waals surface area contributed by atoms with E-state index in [-0.39, 0.29) is 22.8 Å². The topological polar surface area (TPSA) is 140 Å². The average Bonchev–Trinajstić information content (AvgIpc) is 2.64. The summed E-state index contributed by atoms with van der Waals surface area (Å²) in [6.07, 6.45) is 0.984. The van der Waals surface area contributed by atoms with Crippen LogP contribution in [0.25, 0.3) is 0 Å². The first-order valence-electron chi connectivity index (χ1n) is 8.58. The molecule has 160 valence electrons. The van der Waals surface area contributed by atoms with Crippen LogP contribution in [-0.2, 0) is 24.3 Å². The number of esters is 1. The number of ether oxygens (including phenoxy) is 2. The molecule has 0 aliphatic carbocycles. The summed E-state index contributed by atoms with van der Waals surface area (Å²) in [5.41, 5.74) is 0.993. The lowest BCUT2D eigenvalue weighted by Crippen LogP contribution is -2.21. The molecule has 2 aromatic rings. The third-order valence-corrected chi connectivity index (χ3v) is 4.14. The highest BCUT2D eigenvalue weighted by Crippen LogP contribution is 2.27. The number of amides is 2. The van der Waals surface area contributed by atoms with Crippen molar-refractivity contribution in [3.05, 3.63) is 48.0 Å². The minimum Gasteiger partial charge on any atom is -0.495 e. The Balaban J connectivity index is 2.02. The van der Waals surface area contributed by atoms with E-state index < -0.39 is 28.5 Å². The lowest BCUT2D eigenvalue weighted by Gasteiger charge is -2.12. The molecule has 11 heteroatoms. The Hall–Kier alpha value is -3.60. The van der Waals surface area contributed by atoms with E-state index in [1.165, 1.54) is 44.4 Å². The van der Waals surface area contributed by atoms with Crippen LogP contribution in [0.3, 0.4) is 0 Å². The molecule has 0 fully saturated rings. The molecule has 0 aliphatic heterocycles. The van der Waals surface area contributed by atoms with Gasteiger partial charge in [0, 0.05) is 18.3 Å². The van der Waals surface area contributed by atoms with Crippen LogP contribution in [0.4, 0.5) is 17.1 Å². The van der Waals surface area contributed by atoms with E-state index in [1.807, 2.05) is 0 Å². The molecule has 2 amide bonds. The predicted octanol–water partition coefficient (Wildman–Crippen LogP) is 1.82. The molecule has 0 aliphatic rings. The van der Waals surface area contributed by atoms with E-state index in [2.05, 4.69) is 15.4 Å². The molecule has 0 heterocycles. The van der Waals surface area contributed by atoms with Gasteiger partial charge in [-0.15, -0.1) is 0 Å². The van der Waals surface area contributed by atoms with Crippen LogP contribution in [0.1, 0.15) is 17.3 Å². The lowest BCUT2D eigenvalue weighted by atomic mass is 10.2. The van der Waals surface area contributed by atoms with Crippen molar-refractivity contribution in [2.24, 2.45) is 0 Å². The Labute approximate surface area is 173 Å². The van der Waals surface area contributed by atoms with E-state index in [0.717, 1.165) is 6.26 Å². The first kappa shape index (κ1) is 22.7. The van der Waals surface area contributed by atoms with Crippen molar-refractivity contribution in [2.45, 2.75) is 6.92 Å². The Morgan fingerprint density at radius 1 is 1.00 bits per heavy atom. The fourth-order valence-electron chi connectivity index (χ4n) is 2.41. The summed E-state index contributed by atoms with van der Waals surface area (Å²) in [5.74, 6) is -1.37. The summed E-state index contributed by atoms with van der Waals surface area (Å²) in [4.78, 5) is 35.5. The van der Waals surface area contributed by atoms with Gasteiger partial charge >= 0.3 is 5.97 Å². The van der Waals surface area contributed by atoms with Gasteiger partial charge in [-0.05, 0) is 36.4 Å². The zero-order valence-electron chi connectivity index (χ0n) is 16.5. The minimum atomic E-state index is -3.50. The number of hydrogen-bond acceptors (Lipinski definition) is 7. The van der Waals surface area contributed by atoms with Gasteiger partial charge in [-0.3, -0.25) is 14.3 Å². The normalized spacial score (nSPS) is 10.6. The maximum atomic E-state index is 12.2. The van der Waals surface area contributed by atoms with E-state index >= 15 is 0 Å². The molecule has 3 N–H and O–H groups in total. The number of rotatable bonds is 8. The molecular weight excluding hydrogens is 414 g/mol.